The molecule has 6 heteroatoms. The first-order valence-electron chi connectivity index (χ1n) is 13.2. The molecule has 196 valence electrons. The van der Waals surface area contributed by atoms with Gasteiger partial charge in [0.25, 0.3) is 0 Å². The lowest BCUT2D eigenvalue weighted by atomic mass is 9.42. The van der Waals surface area contributed by atoms with Gasteiger partial charge in [-0.3, -0.25) is 9.59 Å². The molecule has 7 rings (SSSR count). The maximum absolute atomic E-state index is 13.9. The Morgan fingerprint density at radius 1 is 0.921 bits per heavy atom. The SMILES string of the molecule is COC(=O)C12CN(C(=O)Cc3ccccc3OC)CC1C1(c3ccc(OC)cc3)CCC2c2ccccc21. The van der Waals surface area contributed by atoms with Crippen molar-refractivity contribution >= 4 is 11.9 Å². The van der Waals surface area contributed by atoms with Crippen molar-refractivity contribution in [2.24, 2.45) is 11.3 Å². The molecule has 0 aromatic heterocycles. The molecular weight excluding hydrogens is 478 g/mol. The maximum atomic E-state index is 13.9. The molecule has 2 fully saturated rings. The number of likely N-dealkylation sites (tertiary alicyclic amines) is 1. The Morgan fingerprint density at radius 2 is 1.66 bits per heavy atom. The fraction of sp³-hybridized carbons (Fsp3) is 0.375. The second kappa shape index (κ2) is 9.19. The number of hydrogen-bond acceptors (Lipinski definition) is 5. The highest BCUT2D eigenvalue weighted by Gasteiger charge is 2.71. The van der Waals surface area contributed by atoms with Crippen LogP contribution in [0.2, 0.25) is 0 Å². The fourth-order valence-electron chi connectivity index (χ4n) is 7.83. The van der Waals surface area contributed by atoms with Crippen LogP contribution in [0.25, 0.3) is 0 Å². The molecule has 2 bridgehead atoms. The summed E-state index contributed by atoms with van der Waals surface area (Å²) in [5.41, 5.74) is 3.25. The van der Waals surface area contributed by atoms with Gasteiger partial charge in [0.05, 0.1) is 33.2 Å². The highest BCUT2D eigenvalue weighted by Crippen LogP contribution is 2.69. The summed E-state index contributed by atoms with van der Waals surface area (Å²) in [6.45, 7) is 0.856. The van der Waals surface area contributed by atoms with E-state index >= 15 is 0 Å². The summed E-state index contributed by atoms with van der Waals surface area (Å²) >= 11 is 0. The molecule has 0 radical (unpaired) electrons. The van der Waals surface area contributed by atoms with Crippen molar-refractivity contribution in [1.29, 1.82) is 0 Å². The van der Waals surface area contributed by atoms with Crippen LogP contribution in [0.3, 0.4) is 0 Å². The largest absolute Gasteiger partial charge is 0.497 e. The highest BCUT2D eigenvalue weighted by molar-refractivity contribution is 5.86. The molecule has 3 aromatic rings. The predicted octanol–water partition coefficient (Wildman–Crippen LogP) is 4.74. The normalized spacial score (nSPS) is 26.9. The number of fused-ring (bicyclic) bond motifs is 1. The summed E-state index contributed by atoms with van der Waals surface area (Å²) in [5, 5.41) is 0. The first-order chi connectivity index (χ1) is 18.5. The zero-order chi connectivity index (χ0) is 26.5. The van der Waals surface area contributed by atoms with Gasteiger partial charge in [0.2, 0.25) is 5.91 Å². The van der Waals surface area contributed by atoms with Gasteiger partial charge in [-0.1, -0.05) is 54.6 Å². The molecule has 1 amide bonds. The number of methoxy groups -OCH3 is 3. The summed E-state index contributed by atoms with van der Waals surface area (Å²) in [7, 11) is 4.76. The first-order valence-corrected chi connectivity index (χ1v) is 13.2. The number of carbonyl (C=O) groups is 2. The number of carbonyl (C=O) groups excluding carboxylic acids is 2. The molecule has 4 atom stereocenters. The van der Waals surface area contributed by atoms with E-state index in [4.69, 9.17) is 14.2 Å². The first kappa shape index (κ1) is 24.5. The van der Waals surface area contributed by atoms with Crippen molar-refractivity contribution in [2.45, 2.75) is 30.6 Å². The van der Waals surface area contributed by atoms with E-state index in [-0.39, 0.29) is 30.1 Å². The van der Waals surface area contributed by atoms with Gasteiger partial charge in [-0.25, -0.2) is 0 Å². The lowest BCUT2D eigenvalue weighted by molar-refractivity contribution is -0.161. The van der Waals surface area contributed by atoms with Crippen LogP contribution in [-0.2, 0) is 26.2 Å². The third kappa shape index (κ3) is 3.32. The van der Waals surface area contributed by atoms with Crippen molar-refractivity contribution in [3.05, 3.63) is 95.1 Å². The molecule has 0 N–H and O–H groups in total. The average Bonchev–Trinajstić information content (AvgIpc) is 3.41. The summed E-state index contributed by atoms with van der Waals surface area (Å²) < 4.78 is 16.5. The molecule has 1 saturated heterocycles. The van der Waals surface area contributed by atoms with Crippen molar-refractivity contribution in [3.8, 4) is 11.5 Å². The molecular formula is C32H33NO5. The van der Waals surface area contributed by atoms with E-state index in [0.29, 0.717) is 18.8 Å². The third-order valence-corrected chi connectivity index (χ3v) is 9.40. The van der Waals surface area contributed by atoms with Crippen LogP contribution in [-0.4, -0.2) is 51.2 Å². The van der Waals surface area contributed by atoms with Gasteiger partial charge in [0, 0.05) is 35.9 Å². The van der Waals surface area contributed by atoms with Gasteiger partial charge >= 0.3 is 5.97 Å². The van der Waals surface area contributed by atoms with Gasteiger partial charge in [0.1, 0.15) is 11.5 Å². The molecule has 3 aromatic carbocycles. The number of benzene rings is 3. The second-order valence-electron chi connectivity index (χ2n) is 10.7. The van der Waals surface area contributed by atoms with Crippen molar-refractivity contribution in [2.75, 3.05) is 34.4 Å². The summed E-state index contributed by atoms with van der Waals surface area (Å²) in [5.74, 6) is 1.17. The molecule has 3 aliphatic carbocycles. The Labute approximate surface area is 223 Å². The molecule has 1 saturated carbocycles. The van der Waals surface area contributed by atoms with Crippen LogP contribution in [0.5, 0.6) is 11.5 Å². The standard InChI is InChI=1S/C32H33NO5/c1-36-23-14-12-22(13-15-23)31-17-16-26(24-9-5-6-10-25(24)31)32(30(35)38-3)20-33(19-28(31)32)29(34)18-21-8-4-7-11-27(21)37-2/h4-15,26,28H,16-20H2,1-3H3. The van der Waals surface area contributed by atoms with E-state index in [1.807, 2.05) is 41.3 Å². The maximum Gasteiger partial charge on any atom is 0.314 e. The van der Waals surface area contributed by atoms with Crippen LogP contribution >= 0.6 is 0 Å². The van der Waals surface area contributed by atoms with E-state index in [9.17, 15) is 9.59 Å². The average molecular weight is 512 g/mol. The lowest BCUT2D eigenvalue weighted by Crippen LogP contribution is -2.60. The minimum absolute atomic E-state index is 0.000310. The third-order valence-electron chi connectivity index (χ3n) is 9.40. The number of rotatable bonds is 6. The van der Waals surface area contributed by atoms with E-state index in [0.717, 1.165) is 29.7 Å². The van der Waals surface area contributed by atoms with Crippen LogP contribution in [0.15, 0.2) is 72.8 Å². The monoisotopic (exact) mass is 511 g/mol. The van der Waals surface area contributed by atoms with E-state index in [1.54, 1.807) is 14.2 Å². The molecule has 1 heterocycles. The second-order valence-corrected chi connectivity index (χ2v) is 10.7. The van der Waals surface area contributed by atoms with Crippen molar-refractivity contribution in [3.63, 3.8) is 0 Å². The van der Waals surface area contributed by atoms with Gasteiger partial charge in [0.15, 0.2) is 0 Å². The van der Waals surface area contributed by atoms with E-state index in [2.05, 4.69) is 36.4 Å². The molecule has 0 spiro atoms. The minimum Gasteiger partial charge on any atom is -0.497 e. The number of para-hydroxylation sites is 1. The topological polar surface area (TPSA) is 65.1 Å². The van der Waals surface area contributed by atoms with Crippen LogP contribution < -0.4 is 9.47 Å². The minimum atomic E-state index is -0.808. The smallest absolute Gasteiger partial charge is 0.314 e. The van der Waals surface area contributed by atoms with Gasteiger partial charge in [-0.2, -0.15) is 0 Å². The molecule has 38 heavy (non-hydrogen) atoms. The summed E-state index contributed by atoms with van der Waals surface area (Å²) in [6, 6.07) is 24.4. The highest BCUT2D eigenvalue weighted by atomic mass is 16.5. The van der Waals surface area contributed by atoms with Crippen LogP contribution in [0.4, 0.5) is 0 Å². The van der Waals surface area contributed by atoms with Gasteiger partial charge < -0.3 is 19.1 Å². The number of esters is 1. The zero-order valence-corrected chi connectivity index (χ0v) is 22.1. The Balaban J connectivity index is 1.48. The lowest BCUT2D eigenvalue weighted by Gasteiger charge is -2.59. The van der Waals surface area contributed by atoms with Crippen LogP contribution in [0, 0.1) is 11.3 Å². The van der Waals surface area contributed by atoms with E-state index < -0.39 is 10.8 Å². The molecule has 6 nitrogen and oxygen atoms in total. The van der Waals surface area contributed by atoms with Crippen molar-refractivity contribution < 1.29 is 23.8 Å². The molecule has 4 unspecified atom stereocenters. The quantitative estimate of drug-likeness (QED) is 0.448. The van der Waals surface area contributed by atoms with Gasteiger partial charge in [-0.05, 0) is 47.7 Å². The zero-order valence-electron chi connectivity index (χ0n) is 22.1. The number of nitrogens with zero attached hydrogens (tertiary/aromatic N) is 1. The fourth-order valence-corrected chi connectivity index (χ4v) is 7.83. The molecule has 1 aliphatic heterocycles. The Bertz CT molecular complexity index is 1380. The van der Waals surface area contributed by atoms with Gasteiger partial charge in [-0.15, -0.1) is 0 Å². The number of amides is 1. The Kier molecular flexibility index (Phi) is 5.93. The van der Waals surface area contributed by atoms with E-state index in [1.165, 1.54) is 18.2 Å². The summed E-state index contributed by atoms with van der Waals surface area (Å²) in [6.07, 6.45) is 2.00. The number of hydrogen-bond donors (Lipinski definition) is 0. The Hall–Kier alpha value is -3.80. The predicted molar refractivity (Wildman–Crippen MR) is 143 cm³/mol. The summed E-state index contributed by atoms with van der Waals surface area (Å²) in [4.78, 5) is 29.6. The Morgan fingerprint density at radius 3 is 2.39 bits per heavy atom. The van der Waals surface area contributed by atoms with Crippen LogP contribution in [0.1, 0.15) is 41.0 Å². The number of ether oxygens (including phenoxy) is 3. The van der Waals surface area contributed by atoms with Crippen molar-refractivity contribution in [1.82, 2.24) is 4.90 Å². The molecule has 4 aliphatic rings.